The average molecular weight is 236 g/mol. The fourth-order valence-corrected chi connectivity index (χ4v) is 1.83. The smallest absolute Gasteiger partial charge is 0.115 e. The highest BCUT2D eigenvalue weighted by Crippen LogP contribution is 2.26. The second-order valence-electron chi connectivity index (χ2n) is 3.71. The molecule has 1 aromatic carbocycles. The van der Waals surface area contributed by atoms with Crippen molar-refractivity contribution in [1.29, 1.82) is 0 Å². The Morgan fingerprint density at radius 1 is 1.44 bits per heavy atom. The highest BCUT2D eigenvalue weighted by atomic mass is 35.5. The maximum atomic E-state index is 5.94. The number of nitrogens with two attached hydrogens (primary N) is 1. The quantitative estimate of drug-likeness (QED) is 0.888. The van der Waals surface area contributed by atoms with E-state index in [1.54, 1.807) is 0 Å². The molecule has 0 fully saturated rings. The van der Waals surface area contributed by atoms with E-state index in [0.29, 0.717) is 10.7 Å². The Bertz CT molecular complexity index is 491. The van der Waals surface area contributed by atoms with Gasteiger partial charge in [0.1, 0.15) is 5.69 Å². The Hall–Kier alpha value is -1.48. The summed E-state index contributed by atoms with van der Waals surface area (Å²) in [4.78, 5) is 0. The van der Waals surface area contributed by atoms with Gasteiger partial charge in [0, 0.05) is 23.3 Å². The molecule has 3 nitrogen and oxygen atoms in total. The molecular weight excluding hydrogens is 222 g/mol. The van der Waals surface area contributed by atoms with Gasteiger partial charge in [0.25, 0.3) is 0 Å². The molecule has 2 N–H and O–H groups in total. The van der Waals surface area contributed by atoms with Gasteiger partial charge >= 0.3 is 0 Å². The molecule has 2 rings (SSSR count). The molecule has 0 saturated carbocycles. The fraction of sp³-hybridized carbons (Fsp3) is 0.250. The number of anilines is 1. The van der Waals surface area contributed by atoms with Crippen LogP contribution in [0.1, 0.15) is 13.3 Å². The lowest BCUT2D eigenvalue weighted by molar-refractivity contribution is 0.605. The molecule has 0 radical (unpaired) electrons. The number of halogens is 1. The van der Waals surface area contributed by atoms with Crippen molar-refractivity contribution < 1.29 is 0 Å². The van der Waals surface area contributed by atoms with Gasteiger partial charge in [-0.25, -0.2) is 0 Å². The molecule has 0 amide bonds. The van der Waals surface area contributed by atoms with Crippen molar-refractivity contribution in [3.05, 3.63) is 35.5 Å². The van der Waals surface area contributed by atoms with Gasteiger partial charge < -0.3 is 5.73 Å². The van der Waals surface area contributed by atoms with Gasteiger partial charge in [0.15, 0.2) is 0 Å². The van der Waals surface area contributed by atoms with Crippen LogP contribution >= 0.6 is 11.6 Å². The summed E-state index contributed by atoms with van der Waals surface area (Å²) in [6.07, 6.45) is 2.90. The minimum Gasteiger partial charge on any atom is -0.396 e. The Morgan fingerprint density at radius 2 is 2.25 bits per heavy atom. The van der Waals surface area contributed by atoms with Crippen molar-refractivity contribution in [3.63, 3.8) is 0 Å². The van der Waals surface area contributed by atoms with Crippen molar-refractivity contribution in [2.24, 2.45) is 0 Å². The number of nitrogen functional groups attached to an aromatic ring is 1. The molecule has 16 heavy (non-hydrogen) atoms. The summed E-state index contributed by atoms with van der Waals surface area (Å²) in [7, 11) is 0. The van der Waals surface area contributed by atoms with Crippen LogP contribution in [0.2, 0.25) is 5.02 Å². The largest absolute Gasteiger partial charge is 0.396 e. The molecule has 0 spiro atoms. The monoisotopic (exact) mass is 235 g/mol. The minimum absolute atomic E-state index is 0.690. The minimum atomic E-state index is 0.690. The van der Waals surface area contributed by atoms with E-state index >= 15 is 0 Å². The topological polar surface area (TPSA) is 43.8 Å². The van der Waals surface area contributed by atoms with Crippen LogP contribution in [0.15, 0.2) is 30.5 Å². The SMILES string of the molecule is CCCn1cc(N)c(-c2cccc(Cl)c2)n1. The standard InChI is InChI=1S/C12H14ClN3/c1-2-6-16-8-11(14)12(15-16)9-4-3-5-10(13)7-9/h3-5,7-8H,2,6,14H2,1H3. The zero-order valence-corrected chi connectivity index (χ0v) is 9.91. The lowest BCUT2D eigenvalue weighted by Gasteiger charge is -1.99. The molecule has 0 aliphatic rings. The number of aryl methyl sites for hydroxylation is 1. The average Bonchev–Trinajstić information content (AvgIpc) is 2.60. The second kappa shape index (κ2) is 4.58. The van der Waals surface area contributed by atoms with Crippen molar-refractivity contribution in [1.82, 2.24) is 9.78 Å². The molecular formula is C12H14ClN3. The number of hydrogen-bond acceptors (Lipinski definition) is 2. The zero-order chi connectivity index (χ0) is 11.5. The zero-order valence-electron chi connectivity index (χ0n) is 9.15. The Kier molecular flexibility index (Phi) is 3.15. The second-order valence-corrected chi connectivity index (χ2v) is 4.14. The van der Waals surface area contributed by atoms with E-state index in [2.05, 4.69) is 12.0 Å². The van der Waals surface area contributed by atoms with Crippen LogP contribution in [0.5, 0.6) is 0 Å². The highest BCUT2D eigenvalue weighted by Gasteiger charge is 2.08. The van der Waals surface area contributed by atoms with Crippen molar-refractivity contribution >= 4 is 17.3 Å². The van der Waals surface area contributed by atoms with Crippen molar-refractivity contribution in [2.75, 3.05) is 5.73 Å². The van der Waals surface area contributed by atoms with Crippen molar-refractivity contribution in [3.8, 4) is 11.3 Å². The Labute approximate surface area is 99.8 Å². The number of hydrogen-bond donors (Lipinski definition) is 1. The van der Waals surface area contributed by atoms with E-state index in [1.165, 1.54) is 0 Å². The van der Waals surface area contributed by atoms with E-state index in [0.717, 1.165) is 24.2 Å². The van der Waals surface area contributed by atoms with Gasteiger partial charge in [-0.1, -0.05) is 30.7 Å². The number of nitrogens with zero attached hydrogens (tertiary/aromatic N) is 2. The van der Waals surface area contributed by atoms with Gasteiger partial charge in [0.2, 0.25) is 0 Å². The van der Waals surface area contributed by atoms with Crippen LogP contribution in [-0.2, 0) is 6.54 Å². The molecule has 1 heterocycles. The Morgan fingerprint density at radius 3 is 2.94 bits per heavy atom. The number of benzene rings is 1. The molecule has 0 bridgehead atoms. The normalized spacial score (nSPS) is 10.6. The molecule has 0 aliphatic heterocycles. The van der Waals surface area contributed by atoms with Crippen molar-refractivity contribution in [2.45, 2.75) is 19.9 Å². The molecule has 1 aromatic heterocycles. The first-order valence-corrected chi connectivity index (χ1v) is 5.67. The van der Waals surface area contributed by atoms with Crippen LogP contribution in [-0.4, -0.2) is 9.78 Å². The summed E-state index contributed by atoms with van der Waals surface area (Å²) in [6.45, 7) is 2.99. The van der Waals surface area contributed by atoms with Gasteiger partial charge in [-0.05, 0) is 18.6 Å². The summed E-state index contributed by atoms with van der Waals surface area (Å²) in [6, 6.07) is 7.57. The first kappa shape index (κ1) is 11.0. The van der Waals surface area contributed by atoms with E-state index in [-0.39, 0.29) is 0 Å². The summed E-state index contributed by atoms with van der Waals surface area (Å²) < 4.78 is 1.87. The maximum Gasteiger partial charge on any atom is 0.115 e. The van der Waals surface area contributed by atoms with Gasteiger partial charge in [-0.3, -0.25) is 4.68 Å². The van der Waals surface area contributed by atoms with E-state index in [9.17, 15) is 0 Å². The molecule has 0 aliphatic carbocycles. The van der Waals surface area contributed by atoms with Crippen LogP contribution in [0, 0.1) is 0 Å². The van der Waals surface area contributed by atoms with E-state index in [4.69, 9.17) is 17.3 Å². The lowest BCUT2D eigenvalue weighted by Crippen LogP contribution is -1.96. The predicted molar refractivity (Wildman–Crippen MR) is 67.4 cm³/mol. The first-order chi connectivity index (χ1) is 7.70. The van der Waals surface area contributed by atoms with Crippen LogP contribution in [0.4, 0.5) is 5.69 Å². The summed E-state index contributed by atoms with van der Waals surface area (Å²) in [5, 5.41) is 5.14. The van der Waals surface area contributed by atoms with Gasteiger partial charge in [0.05, 0.1) is 5.69 Å². The van der Waals surface area contributed by atoms with Gasteiger partial charge in [-0.2, -0.15) is 5.10 Å². The van der Waals surface area contributed by atoms with E-state index < -0.39 is 0 Å². The van der Waals surface area contributed by atoms with Crippen LogP contribution in [0.25, 0.3) is 11.3 Å². The molecule has 0 unspecified atom stereocenters. The number of rotatable bonds is 3. The third kappa shape index (κ3) is 2.19. The molecule has 2 aromatic rings. The van der Waals surface area contributed by atoms with Gasteiger partial charge in [-0.15, -0.1) is 0 Å². The first-order valence-electron chi connectivity index (χ1n) is 5.29. The maximum absolute atomic E-state index is 5.94. The highest BCUT2D eigenvalue weighted by molar-refractivity contribution is 6.30. The molecule has 0 atom stereocenters. The molecule has 4 heteroatoms. The van der Waals surface area contributed by atoms with Crippen LogP contribution < -0.4 is 5.73 Å². The lowest BCUT2D eigenvalue weighted by atomic mass is 10.1. The summed E-state index contributed by atoms with van der Waals surface area (Å²) >= 11 is 5.94. The fourth-order valence-electron chi connectivity index (χ4n) is 1.64. The predicted octanol–water partition coefficient (Wildman–Crippen LogP) is 3.20. The Balaban J connectivity index is 2.40. The van der Waals surface area contributed by atoms with Crippen LogP contribution in [0.3, 0.4) is 0 Å². The third-order valence-corrected chi connectivity index (χ3v) is 2.58. The third-order valence-electron chi connectivity index (χ3n) is 2.34. The summed E-state index contributed by atoms with van der Waals surface area (Å²) in [5.41, 5.74) is 8.38. The summed E-state index contributed by atoms with van der Waals surface area (Å²) in [5.74, 6) is 0. The molecule has 84 valence electrons. The number of aromatic nitrogens is 2. The van der Waals surface area contributed by atoms with E-state index in [1.807, 2.05) is 35.1 Å². The molecule has 0 saturated heterocycles.